The lowest BCUT2D eigenvalue weighted by Crippen LogP contribution is -2.12. The molecule has 21 heavy (non-hydrogen) atoms. The number of nitro groups is 1. The van der Waals surface area contributed by atoms with Crippen molar-refractivity contribution in [2.45, 2.75) is 11.8 Å². The van der Waals surface area contributed by atoms with E-state index in [0.717, 1.165) is 18.4 Å². The van der Waals surface area contributed by atoms with Crippen molar-refractivity contribution in [1.29, 1.82) is 0 Å². The van der Waals surface area contributed by atoms with Gasteiger partial charge in [0.1, 0.15) is 11.5 Å². The fourth-order valence-electron chi connectivity index (χ4n) is 1.52. The van der Waals surface area contributed by atoms with Crippen molar-refractivity contribution in [1.82, 2.24) is 0 Å². The highest BCUT2D eigenvalue weighted by molar-refractivity contribution is 7.90. The van der Waals surface area contributed by atoms with E-state index in [4.69, 9.17) is 9.47 Å². The zero-order valence-electron chi connectivity index (χ0n) is 11.6. The molecule has 0 fully saturated rings. The molecule has 116 valence electrons. The highest BCUT2D eigenvalue weighted by Crippen LogP contribution is 2.25. The Morgan fingerprint density at radius 3 is 2.52 bits per heavy atom. The lowest BCUT2D eigenvalue weighted by Gasteiger charge is -2.06. The summed E-state index contributed by atoms with van der Waals surface area (Å²) in [7, 11) is -3.76. The number of nitro benzene ring substituents is 1. The number of benzene rings is 1. The Bertz CT molecular complexity index is 639. The second-order valence-electron chi connectivity index (χ2n) is 4.04. The van der Waals surface area contributed by atoms with Crippen molar-refractivity contribution in [3.8, 4) is 0 Å². The minimum absolute atomic E-state index is 0.00823. The number of carbonyl (C=O) groups is 1. The van der Waals surface area contributed by atoms with Crippen LogP contribution in [0.5, 0.6) is 0 Å². The van der Waals surface area contributed by atoms with E-state index in [1.165, 1.54) is 6.07 Å². The molecule has 0 atom stereocenters. The topological polar surface area (TPSA) is 113 Å². The minimum atomic E-state index is -3.76. The SMILES string of the molecule is CCOCCOC(=O)c1ccc(S(C)(=O)=O)c([N+](=O)[O-])c1. The van der Waals surface area contributed by atoms with Crippen LogP contribution in [-0.2, 0) is 19.3 Å². The van der Waals surface area contributed by atoms with Crippen molar-refractivity contribution in [3.63, 3.8) is 0 Å². The van der Waals surface area contributed by atoms with Gasteiger partial charge in [0.2, 0.25) is 0 Å². The largest absolute Gasteiger partial charge is 0.460 e. The third-order valence-electron chi connectivity index (χ3n) is 2.46. The summed E-state index contributed by atoms with van der Waals surface area (Å²) in [6.07, 6.45) is 0.857. The second-order valence-corrected chi connectivity index (χ2v) is 6.03. The maximum absolute atomic E-state index is 11.7. The van der Waals surface area contributed by atoms with Gasteiger partial charge in [-0.15, -0.1) is 0 Å². The fraction of sp³-hybridized carbons (Fsp3) is 0.417. The van der Waals surface area contributed by atoms with Gasteiger partial charge in [-0.1, -0.05) is 0 Å². The molecule has 0 aliphatic heterocycles. The number of rotatable bonds is 7. The molecule has 0 radical (unpaired) electrons. The summed E-state index contributed by atoms with van der Waals surface area (Å²) in [5, 5.41) is 10.9. The second kappa shape index (κ2) is 7.14. The first kappa shape index (κ1) is 17.1. The number of nitrogens with zero attached hydrogens (tertiary/aromatic N) is 1. The molecule has 0 aromatic heterocycles. The molecule has 0 N–H and O–H groups in total. The highest BCUT2D eigenvalue weighted by atomic mass is 32.2. The van der Waals surface area contributed by atoms with Gasteiger partial charge >= 0.3 is 5.97 Å². The van der Waals surface area contributed by atoms with Crippen LogP contribution in [-0.4, -0.2) is 45.4 Å². The predicted octanol–water partition coefficient (Wildman–Crippen LogP) is 1.19. The Labute approximate surface area is 121 Å². The van der Waals surface area contributed by atoms with Crippen LogP contribution >= 0.6 is 0 Å². The van der Waals surface area contributed by atoms with Crippen molar-refractivity contribution in [3.05, 3.63) is 33.9 Å². The van der Waals surface area contributed by atoms with Gasteiger partial charge in [0.25, 0.3) is 5.69 Å². The standard InChI is InChI=1S/C12H15NO7S/c1-3-19-6-7-20-12(14)9-4-5-11(21(2,17)18)10(8-9)13(15)16/h4-5,8H,3,6-7H2,1-2H3. The third kappa shape index (κ3) is 4.80. The molecule has 0 aliphatic carbocycles. The van der Waals surface area contributed by atoms with Crippen molar-refractivity contribution >= 4 is 21.5 Å². The summed E-state index contributed by atoms with van der Waals surface area (Å²) in [5.74, 6) is -0.780. The molecule has 9 heteroatoms. The summed E-state index contributed by atoms with van der Waals surface area (Å²) in [6.45, 7) is 2.49. The Hall–Kier alpha value is -2.00. The van der Waals surface area contributed by atoms with Crippen molar-refractivity contribution < 1.29 is 27.6 Å². The van der Waals surface area contributed by atoms with Crippen LogP contribution in [0.3, 0.4) is 0 Å². The third-order valence-corrected chi connectivity index (χ3v) is 3.60. The summed E-state index contributed by atoms with van der Waals surface area (Å²) in [4.78, 5) is 21.3. The monoisotopic (exact) mass is 317 g/mol. The average Bonchev–Trinajstić information content (AvgIpc) is 2.41. The molecule has 0 saturated heterocycles. The first-order valence-electron chi connectivity index (χ1n) is 6.00. The van der Waals surface area contributed by atoms with E-state index < -0.39 is 31.3 Å². The number of hydrogen-bond donors (Lipinski definition) is 0. The van der Waals surface area contributed by atoms with Gasteiger partial charge in [-0.2, -0.15) is 0 Å². The van der Waals surface area contributed by atoms with E-state index in [2.05, 4.69) is 0 Å². The van der Waals surface area contributed by atoms with Crippen LogP contribution in [0.25, 0.3) is 0 Å². The van der Waals surface area contributed by atoms with Gasteiger partial charge < -0.3 is 9.47 Å². The zero-order chi connectivity index (χ0) is 16.0. The Kier molecular flexibility index (Phi) is 5.79. The van der Waals surface area contributed by atoms with Gasteiger partial charge in [-0.3, -0.25) is 10.1 Å². The molecule has 1 aromatic rings. The van der Waals surface area contributed by atoms with Crippen molar-refractivity contribution in [2.75, 3.05) is 26.1 Å². The smallest absolute Gasteiger partial charge is 0.338 e. The first-order chi connectivity index (χ1) is 9.77. The van der Waals surface area contributed by atoms with Crippen LogP contribution in [0, 0.1) is 10.1 Å². The van der Waals surface area contributed by atoms with E-state index in [-0.39, 0.29) is 18.8 Å². The Morgan fingerprint density at radius 1 is 1.33 bits per heavy atom. The molecular weight excluding hydrogens is 302 g/mol. The highest BCUT2D eigenvalue weighted by Gasteiger charge is 2.24. The van der Waals surface area contributed by atoms with Crippen LogP contribution in [0.4, 0.5) is 5.69 Å². The number of hydrogen-bond acceptors (Lipinski definition) is 7. The molecule has 0 bridgehead atoms. The van der Waals surface area contributed by atoms with E-state index in [9.17, 15) is 23.3 Å². The molecule has 0 heterocycles. The lowest BCUT2D eigenvalue weighted by molar-refractivity contribution is -0.387. The molecule has 0 saturated carbocycles. The molecular formula is C12H15NO7S. The van der Waals surface area contributed by atoms with Crippen LogP contribution in [0.2, 0.25) is 0 Å². The van der Waals surface area contributed by atoms with Gasteiger partial charge in [-0.25, -0.2) is 13.2 Å². The Balaban J connectivity index is 2.99. The summed E-state index contributed by atoms with van der Waals surface area (Å²) in [5.41, 5.74) is -0.748. The molecule has 0 amide bonds. The summed E-state index contributed by atoms with van der Waals surface area (Å²) in [6, 6.07) is 3.08. The van der Waals surface area contributed by atoms with E-state index in [1.54, 1.807) is 6.92 Å². The molecule has 0 spiro atoms. The van der Waals surface area contributed by atoms with E-state index in [0.29, 0.717) is 6.61 Å². The number of esters is 1. The lowest BCUT2D eigenvalue weighted by atomic mass is 10.2. The predicted molar refractivity (Wildman–Crippen MR) is 73.0 cm³/mol. The van der Waals surface area contributed by atoms with Crippen LogP contribution in [0.1, 0.15) is 17.3 Å². The fourth-order valence-corrected chi connectivity index (χ4v) is 2.35. The molecule has 0 aliphatic rings. The number of sulfone groups is 1. The van der Waals surface area contributed by atoms with Gasteiger partial charge in [0, 0.05) is 18.9 Å². The summed E-state index contributed by atoms with van der Waals surface area (Å²) < 4.78 is 32.7. The Morgan fingerprint density at radius 2 is 2.00 bits per heavy atom. The molecule has 1 aromatic carbocycles. The molecule has 0 unspecified atom stereocenters. The summed E-state index contributed by atoms with van der Waals surface area (Å²) >= 11 is 0. The van der Waals surface area contributed by atoms with Gasteiger partial charge in [-0.05, 0) is 19.1 Å². The number of ether oxygens (including phenoxy) is 2. The normalized spacial score (nSPS) is 11.1. The maximum Gasteiger partial charge on any atom is 0.338 e. The minimum Gasteiger partial charge on any atom is -0.460 e. The van der Waals surface area contributed by atoms with Crippen molar-refractivity contribution in [2.24, 2.45) is 0 Å². The van der Waals surface area contributed by atoms with E-state index >= 15 is 0 Å². The van der Waals surface area contributed by atoms with E-state index in [1.807, 2.05) is 0 Å². The van der Waals surface area contributed by atoms with Gasteiger partial charge in [0.05, 0.1) is 17.1 Å². The number of carbonyl (C=O) groups excluding carboxylic acids is 1. The zero-order valence-corrected chi connectivity index (χ0v) is 12.4. The van der Waals surface area contributed by atoms with Gasteiger partial charge in [0.15, 0.2) is 9.84 Å². The molecule has 1 rings (SSSR count). The quantitative estimate of drug-likeness (QED) is 0.321. The first-order valence-corrected chi connectivity index (χ1v) is 7.90. The van der Waals surface area contributed by atoms with Crippen LogP contribution in [0.15, 0.2) is 23.1 Å². The average molecular weight is 317 g/mol. The maximum atomic E-state index is 11.7. The van der Waals surface area contributed by atoms with Crippen LogP contribution < -0.4 is 0 Å². The molecule has 8 nitrogen and oxygen atoms in total.